The monoisotopic (exact) mass is 421 g/mol. The number of aromatic nitrogens is 2. The highest BCUT2D eigenvalue weighted by atomic mass is 16.2. The van der Waals surface area contributed by atoms with Crippen LogP contribution >= 0.6 is 0 Å². The van der Waals surface area contributed by atoms with Crippen LogP contribution in [-0.4, -0.2) is 64.1 Å². The fraction of sp³-hybridized carbons (Fsp3) is 0.273. The Morgan fingerprint density at radius 1 is 0.839 bits per heavy atom. The third-order valence-electron chi connectivity index (χ3n) is 5.33. The summed E-state index contributed by atoms with van der Waals surface area (Å²) in [4.78, 5) is 53.3. The lowest BCUT2D eigenvalue weighted by atomic mass is 10.2. The fourth-order valence-corrected chi connectivity index (χ4v) is 3.67. The van der Waals surface area contributed by atoms with Gasteiger partial charge in [-0.3, -0.25) is 29.2 Å². The predicted molar refractivity (Wildman–Crippen MR) is 117 cm³/mol. The Balaban J connectivity index is 1.33. The molecular weight excluding hydrogens is 398 g/mol. The van der Waals surface area contributed by atoms with Crippen LogP contribution in [0.25, 0.3) is 10.8 Å². The highest BCUT2D eigenvalue weighted by Gasteiger charge is 2.23. The molecule has 2 heterocycles. The number of rotatable bonds is 5. The van der Waals surface area contributed by atoms with E-state index in [4.69, 9.17) is 0 Å². The van der Waals surface area contributed by atoms with Gasteiger partial charge < -0.3 is 10.2 Å². The Morgan fingerprint density at radius 2 is 1.48 bits per heavy atom. The van der Waals surface area contributed by atoms with Gasteiger partial charge in [0.05, 0.1) is 17.3 Å². The van der Waals surface area contributed by atoms with E-state index in [1.165, 1.54) is 0 Å². The van der Waals surface area contributed by atoms with E-state index in [0.717, 1.165) is 10.4 Å². The zero-order chi connectivity index (χ0) is 21.8. The van der Waals surface area contributed by atoms with E-state index >= 15 is 0 Å². The normalized spacial score (nSPS) is 14.5. The van der Waals surface area contributed by atoms with Crippen molar-refractivity contribution < 1.29 is 9.59 Å². The molecule has 160 valence electrons. The van der Waals surface area contributed by atoms with E-state index in [-0.39, 0.29) is 30.3 Å². The summed E-state index contributed by atoms with van der Waals surface area (Å²) in [6.45, 7) is 2.02. The zero-order valence-corrected chi connectivity index (χ0v) is 16.9. The number of H-pyrrole nitrogens is 1. The van der Waals surface area contributed by atoms with Crippen molar-refractivity contribution in [2.45, 2.75) is 6.54 Å². The van der Waals surface area contributed by atoms with Gasteiger partial charge in [-0.2, -0.15) is 0 Å². The standard InChI is InChI=1S/C22H23N5O4/c28-19(23-16-6-2-1-3-7-16)14-25-10-12-26(13-11-25)20(29)15-27-22(31)18-9-5-4-8-17(18)21(30)24-27/h1-9H,10-15H2,(H,23,28)(H,24,30). The number of carbonyl (C=O) groups excluding carboxylic acids is 2. The van der Waals surface area contributed by atoms with Crippen molar-refractivity contribution >= 4 is 28.3 Å². The molecule has 2 amide bonds. The van der Waals surface area contributed by atoms with Crippen LogP contribution < -0.4 is 16.4 Å². The molecule has 2 aromatic carbocycles. The highest BCUT2D eigenvalue weighted by molar-refractivity contribution is 5.92. The number of nitrogens with one attached hydrogen (secondary N) is 2. The molecule has 31 heavy (non-hydrogen) atoms. The summed E-state index contributed by atoms with van der Waals surface area (Å²) in [7, 11) is 0. The Kier molecular flexibility index (Phi) is 5.94. The number of hydrogen-bond acceptors (Lipinski definition) is 5. The lowest BCUT2D eigenvalue weighted by Gasteiger charge is -2.34. The molecule has 3 aromatic rings. The number of carbonyl (C=O) groups is 2. The van der Waals surface area contributed by atoms with Gasteiger partial charge >= 0.3 is 0 Å². The van der Waals surface area contributed by atoms with Gasteiger partial charge in [0.1, 0.15) is 6.54 Å². The van der Waals surface area contributed by atoms with Crippen molar-refractivity contribution in [2.24, 2.45) is 0 Å². The van der Waals surface area contributed by atoms with Crippen LogP contribution in [0.5, 0.6) is 0 Å². The second-order valence-electron chi connectivity index (χ2n) is 7.45. The molecule has 1 aromatic heterocycles. The molecule has 0 unspecified atom stereocenters. The molecule has 0 bridgehead atoms. The number of aromatic amines is 1. The molecule has 1 aliphatic rings. The van der Waals surface area contributed by atoms with Crippen molar-refractivity contribution in [3.63, 3.8) is 0 Å². The van der Waals surface area contributed by atoms with Crippen LogP contribution in [0.15, 0.2) is 64.2 Å². The Bertz CT molecular complexity index is 1210. The number of piperazine rings is 1. The van der Waals surface area contributed by atoms with E-state index in [1.54, 1.807) is 29.2 Å². The zero-order valence-electron chi connectivity index (χ0n) is 16.9. The fourth-order valence-electron chi connectivity index (χ4n) is 3.67. The third kappa shape index (κ3) is 4.72. The smallest absolute Gasteiger partial charge is 0.273 e. The molecule has 9 heteroatoms. The van der Waals surface area contributed by atoms with Crippen molar-refractivity contribution in [2.75, 3.05) is 38.0 Å². The predicted octanol–water partition coefficient (Wildman–Crippen LogP) is 0.473. The lowest BCUT2D eigenvalue weighted by Crippen LogP contribution is -2.51. The number of anilines is 1. The highest BCUT2D eigenvalue weighted by Crippen LogP contribution is 2.07. The molecule has 4 rings (SSSR count). The topological polar surface area (TPSA) is 108 Å². The van der Waals surface area contributed by atoms with Crippen LogP contribution in [0.3, 0.4) is 0 Å². The Morgan fingerprint density at radius 3 is 2.19 bits per heavy atom. The first-order chi connectivity index (χ1) is 15.0. The van der Waals surface area contributed by atoms with Gasteiger partial charge in [-0.1, -0.05) is 30.3 Å². The molecule has 0 spiro atoms. The Hall–Kier alpha value is -3.72. The summed E-state index contributed by atoms with van der Waals surface area (Å²) >= 11 is 0. The minimum absolute atomic E-state index is 0.105. The van der Waals surface area contributed by atoms with E-state index in [1.807, 2.05) is 35.2 Å². The number of benzene rings is 2. The van der Waals surface area contributed by atoms with E-state index in [2.05, 4.69) is 10.4 Å². The van der Waals surface area contributed by atoms with E-state index in [9.17, 15) is 19.2 Å². The van der Waals surface area contributed by atoms with Crippen molar-refractivity contribution in [1.82, 2.24) is 19.6 Å². The van der Waals surface area contributed by atoms with Crippen molar-refractivity contribution in [3.8, 4) is 0 Å². The first-order valence-electron chi connectivity index (χ1n) is 10.1. The minimum Gasteiger partial charge on any atom is -0.339 e. The molecule has 2 N–H and O–H groups in total. The molecule has 0 atom stereocenters. The maximum absolute atomic E-state index is 12.7. The summed E-state index contributed by atoms with van der Waals surface area (Å²) in [5.41, 5.74) is -0.0619. The van der Waals surface area contributed by atoms with Gasteiger partial charge in [-0.15, -0.1) is 0 Å². The van der Waals surface area contributed by atoms with Crippen molar-refractivity contribution in [1.29, 1.82) is 0 Å². The van der Waals surface area contributed by atoms with Gasteiger partial charge in [-0.25, -0.2) is 4.68 Å². The quantitative estimate of drug-likeness (QED) is 0.623. The van der Waals surface area contributed by atoms with E-state index in [0.29, 0.717) is 31.6 Å². The molecule has 0 aliphatic carbocycles. The van der Waals surface area contributed by atoms with Gasteiger partial charge in [0, 0.05) is 31.9 Å². The number of nitrogens with zero attached hydrogens (tertiary/aromatic N) is 3. The summed E-state index contributed by atoms with van der Waals surface area (Å²) in [6, 6.07) is 15.8. The average Bonchev–Trinajstić information content (AvgIpc) is 2.78. The maximum Gasteiger partial charge on any atom is 0.273 e. The van der Waals surface area contributed by atoms with Crippen LogP contribution in [-0.2, 0) is 16.1 Å². The number of para-hydroxylation sites is 1. The average molecular weight is 421 g/mol. The largest absolute Gasteiger partial charge is 0.339 e. The van der Waals surface area contributed by atoms with Crippen LogP contribution in [0.2, 0.25) is 0 Å². The van der Waals surface area contributed by atoms with Crippen molar-refractivity contribution in [3.05, 3.63) is 75.3 Å². The minimum atomic E-state index is -0.405. The lowest BCUT2D eigenvalue weighted by molar-refractivity contribution is -0.134. The summed E-state index contributed by atoms with van der Waals surface area (Å²) in [5, 5.41) is 5.92. The third-order valence-corrected chi connectivity index (χ3v) is 5.33. The maximum atomic E-state index is 12.7. The van der Waals surface area contributed by atoms with E-state index < -0.39 is 11.1 Å². The second kappa shape index (κ2) is 8.97. The summed E-state index contributed by atoms with van der Waals surface area (Å²) in [6.07, 6.45) is 0. The molecule has 9 nitrogen and oxygen atoms in total. The number of amides is 2. The first kappa shape index (κ1) is 20.5. The first-order valence-corrected chi connectivity index (χ1v) is 10.1. The SMILES string of the molecule is O=C(CN1CCN(C(=O)Cn2[nH]c(=O)c3ccccc3c2=O)CC1)Nc1ccccc1. The van der Waals surface area contributed by atoms with Gasteiger partial charge in [-0.05, 0) is 24.3 Å². The Labute approximate surface area is 177 Å². The van der Waals surface area contributed by atoms with Gasteiger partial charge in [0.25, 0.3) is 11.1 Å². The molecule has 0 radical (unpaired) electrons. The summed E-state index contributed by atoms with van der Waals surface area (Å²) < 4.78 is 1.06. The second-order valence-corrected chi connectivity index (χ2v) is 7.45. The van der Waals surface area contributed by atoms with Crippen LogP contribution in [0, 0.1) is 0 Å². The molecule has 1 saturated heterocycles. The summed E-state index contributed by atoms with van der Waals surface area (Å²) in [5.74, 6) is -0.354. The molecule has 1 fully saturated rings. The molecule has 1 aliphatic heterocycles. The van der Waals surface area contributed by atoms with Gasteiger partial charge in [0.2, 0.25) is 11.8 Å². The van der Waals surface area contributed by atoms with Crippen LogP contribution in [0.1, 0.15) is 0 Å². The van der Waals surface area contributed by atoms with Crippen LogP contribution in [0.4, 0.5) is 5.69 Å². The molecule has 0 saturated carbocycles. The number of hydrogen-bond donors (Lipinski definition) is 2. The molecular formula is C22H23N5O4. The van der Waals surface area contributed by atoms with Gasteiger partial charge in [0.15, 0.2) is 0 Å². The number of fused-ring (bicyclic) bond motifs is 1.